The quantitative estimate of drug-likeness (QED) is 0.758. The molecule has 2 nitrogen and oxygen atoms in total. The summed E-state index contributed by atoms with van der Waals surface area (Å²) in [4.78, 5) is 0. The Morgan fingerprint density at radius 2 is 1.58 bits per heavy atom. The Kier molecular flexibility index (Phi) is 3.81. The summed E-state index contributed by atoms with van der Waals surface area (Å²) < 4.78 is 12.1. The fraction of sp³-hybridized carbons (Fsp3) is 0.625. The highest BCUT2D eigenvalue weighted by molar-refractivity contribution is 6.45. The van der Waals surface area contributed by atoms with Crippen molar-refractivity contribution in [3.05, 3.63) is 35.4 Å². The molecule has 1 heterocycles. The molecule has 3 heteroatoms. The van der Waals surface area contributed by atoms with Gasteiger partial charge in [0.15, 0.2) is 0 Å². The Balaban J connectivity index is 2.06. The highest BCUT2D eigenvalue weighted by Gasteiger charge is 2.51. The van der Waals surface area contributed by atoms with Crippen LogP contribution in [0.3, 0.4) is 0 Å². The van der Waals surface area contributed by atoms with Crippen LogP contribution < -0.4 is 0 Å². The van der Waals surface area contributed by atoms with E-state index >= 15 is 0 Å². The van der Waals surface area contributed by atoms with Crippen LogP contribution in [0.1, 0.15) is 51.7 Å². The minimum Gasteiger partial charge on any atom is -0.403 e. The second kappa shape index (κ2) is 4.95. The zero-order valence-electron chi connectivity index (χ0n) is 13.0. The summed E-state index contributed by atoms with van der Waals surface area (Å²) >= 11 is 0. The van der Waals surface area contributed by atoms with Gasteiger partial charge in [0.1, 0.15) is 0 Å². The molecular formula is C16H25BO2. The van der Waals surface area contributed by atoms with Gasteiger partial charge in [-0.15, -0.1) is 0 Å². The molecule has 0 amide bonds. The first-order valence-corrected chi connectivity index (χ1v) is 7.14. The molecule has 1 aliphatic heterocycles. The Labute approximate surface area is 117 Å². The van der Waals surface area contributed by atoms with E-state index in [1.807, 2.05) is 0 Å². The van der Waals surface area contributed by atoms with Gasteiger partial charge in [-0.05, 0) is 58.0 Å². The summed E-state index contributed by atoms with van der Waals surface area (Å²) in [5.74, 6) is 0.441. The van der Waals surface area contributed by atoms with Gasteiger partial charge in [-0.3, -0.25) is 0 Å². The molecule has 0 radical (unpaired) electrons. The summed E-state index contributed by atoms with van der Waals surface area (Å²) in [5, 5.41) is 0. The highest BCUT2D eigenvalue weighted by atomic mass is 16.7. The average molecular weight is 260 g/mol. The summed E-state index contributed by atoms with van der Waals surface area (Å²) in [5.41, 5.74) is 2.26. The molecule has 1 fully saturated rings. The summed E-state index contributed by atoms with van der Waals surface area (Å²) in [6.45, 7) is 12.8. The molecule has 1 aliphatic rings. The van der Waals surface area contributed by atoms with Gasteiger partial charge in [0.25, 0.3) is 0 Å². The first-order valence-electron chi connectivity index (χ1n) is 7.14. The minimum atomic E-state index is -0.233. The maximum atomic E-state index is 6.07. The van der Waals surface area contributed by atoms with Crippen LogP contribution in [0, 0.1) is 6.92 Å². The van der Waals surface area contributed by atoms with Crippen molar-refractivity contribution in [2.75, 3.05) is 0 Å². The van der Waals surface area contributed by atoms with Crippen LogP contribution in [0.15, 0.2) is 24.3 Å². The molecular weight excluding hydrogens is 235 g/mol. The van der Waals surface area contributed by atoms with E-state index in [2.05, 4.69) is 65.8 Å². The lowest BCUT2D eigenvalue weighted by Crippen LogP contribution is -2.41. The normalized spacial score (nSPS) is 22.5. The highest BCUT2D eigenvalue weighted by Crippen LogP contribution is 2.39. The maximum absolute atomic E-state index is 6.07. The molecule has 2 rings (SSSR count). The first kappa shape index (κ1) is 14.6. The third-order valence-corrected chi connectivity index (χ3v) is 4.57. The molecule has 1 saturated heterocycles. The van der Waals surface area contributed by atoms with Crippen molar-refractivity contribution in [1.29, 1.82) is 0 Å². The largest absolute Gasteiger partial charge is 0.458 e. The van der Waals surface area contributed by atoms with E-state index in [1.165, 1.54) is 11.1 Å². The predicted molar refractivity (Wildman–Crippen MR) is 80.5 cm³/mol. The van der Waals surface area contributed by atoms with Crippen LogP contribution in [0.25, 0.3) is 0 Å². The lowest BCUT2D eigenvalue weighted by Gasteiger charge is -2.32. The molecule has 0 unspecified atom stereocenters. The standard InChI is InChI=1S/C16H25BO2/c1-12-9-7-8-10-14(12)13(2)11-17-18-15(3,4)16(5,6)19-17/h7-10,13H,11H2,1-6H3/t13-/m1/s1. The number of benzene rings is 1. The third kappa shape index (κ3) is 2.87. The first-order chi connectivity index (χ1) is 8.73. The lowest BCUT2D eigenvalue weighted by molar-refractivity contribution is 0.00578. The SMILES string of the molecule is Cc1ccccc1[C@H](C)CB1OC(C)(C)C(C)(C)O1. The van der Waals surface area contributed by atoms with E-state index < -0.39 is 0 Å². The fourth-order valence-corrected chi connectivity index (χ4v) is 2.62. The van der Waals surface area contributed by atoms with Gasteiger partial charge in [0.2, 0.25) is 0 Å². The fourth-order valence-electron chi connectivity index (χ4n) is 2.62. The number of aryl methyl sites for hydroxylation is 1. The number of rotatable bonds is 3. The molecule has 1 aromatic carbocycles. The second-order valence-electron chi connectivity index (χ2n) is 6.68. The number of hydrogen-bond donors (Lipinski definition) is 0. The lowest BCUT2D eigenvalue weighted by atomic mass is 9.75. The topological polar surface area (TPSA) is 18.5 Å². The van der Waals surface area contributed by atoms with Crippen molar-refractivity contribution in [1.82, 2.24) is 0 Å². The van der Waals surface area contributed by atoms with Gasteiger partial charge < -0.3 is 9.31 Å². The second-order valence-corrected chi connectivity index (χ2v) is 6.68. The Hall–Kier alpha value is -0.795. The van der Waals surface area contributed by atoms with Gasteiger partial charge in [0.05, 0.1) is 11.2 Å². The van der Waals surface area contributed by atoms with Crippen LogP contribution in [0.2, 0.25) is 6.32 Å². The van der Waals surface area contributed by atoms with Crippen molar-refractivity contribution in [3.63, 3.8) is 0 Å². The van der Waals surface area contributed by atoms with Crippen LogP contribution in [0.5, 0.6) is 0 Å². The number of hydrogen-bond acceptors (Lipinski definition) is 2. The molecule has 0 aromatic heterocycles. The summed E-state index contributed by atoms with van der Waals surface area (Å²) in [6.07, 6.45) is 0.901. The molecule has 0 bridgehead atoms. The van der Waals surface area contributed by atoms with Gasteiger partial charge in [-0.2, -0.15) is 0 Å². The zero-order chi connectivity index (χ0) is 14.3. The molecule has 104 valence electrons. The third-order valence-electron chi connectivity index (χ3n) is 4.57. The van der Waals surface area contributed by atoms with E-state index in [1.54, 1.807) is 0 Å². The zero-order valence-corrected chi connectivity index (χ0v) is 13.0. The maximum Gasteiger partial charge on any atom is 0.458 e. The molecule has 19 heavy (non-hydrogen) atoms. The summed E-state index contributed by atoms with van der Waals surface area (Å²) in [7, 11) is -0.111. The van der Waals surface area contributed by atoms with E-state index in [0.29, 0.717) is 5.92 Å². The van der Waals surface area contributed by atoms with E-state index in [-0.39, 0.29) is 18.3 Å². The van der Waals surface area contributed by atoms with Crippen LogP contribution in [-0.2, 0) is 9.31 Å². The van der Waals surface area contributed by atoms with Gasteiger partial charge in [0, 0.05) is 0 Å². The predicted octanol–water partition coefficient (Wildman–Crippen LogP) is 4.19. The molecule has 0 saturated carbocycles. The smallest absolute Gasteiger partial charge is 0.403 e. The van der Waals surface area contributed by atoms with E-state index in [0.717, 1.165) is 6.32 Å². The van der Waals surface area contributed by atoms with Gasteiger partial charge in [-0.25, -0.2) is 0 Å². The van der Waals surface area contributed by atoms with Crippen molar-refractivity contribution >= 4 is 7.12 Å². The van der Waals surface area contributed by atoms with Crippen molar-refractivity contribution in [3.8, 4) is 0 Å². The molecule has 0 spiro atoms. The Morgan fingerprint density at radius 3 is 2.11 bits per heavy atom. The van der Waals surface area contributed by atoms with Crippen molar-refractivity contribution < 1.29 is 9.31 Å². The van der Waals surface area contributed by atoms with Crippen molar-refractivity contribution in [2.24, 2.45) is 0 Å². The van der Waals surface area contributed by atoms with Gasteiger partial charge in [-0.1, -0.05) is 31.2 Å². The molecule has 1 atom stereocenters. The molecule has 0 aliphatic carbocycles. The van der Waals surface area contributed by atoms with Crippen molar-refractivity contribution in [2.45, 2.75) is 65.0 Å². The van der Waals surface area contributed by atoms with Crippen LogP contribution in [0.4, 0.5) is 0 Å². The van der Waals surface area contributed by atoms with Crippen LogP contribution in [-0.4, -0.2) is 18.3 Å². The Morgan fingerprint density at radius 1 is 1.05 bits per heavy atom. The van der Waals surface area contributed by atoms with Gasteiger partial charge >= 0.3 is 7.12 Å². The van der Waals surface area contributed by atoms with Crippen LogP contribution >= 0.6 is 0 Å². The monoisotopic (exact) mass is 260 g/mol. The summed E-state index contributed by atoms with van der Waals surface area (Å²) in [6, 6.07) is 8.55. The van der Waals surface area contributed by atoms with E-state index in [4.69, 9.17) is 9.31 Å². The Bertz CT molecular complexity index is 438. The van der Waals surface area contributed by atoms with E-state index in [9.17, 15) is 0 Å². The molecule has 0 N–H and O–H groups in total. The minimum absolute atomic E-state index is 0.111. The molecule has 1 aromatic rings. The average Bonchev–Trinajstić information content (AvgIpc) is 2.47.